The largest absolute Gasteiger partial charge is 0.484 e. The smallest absolute Gasteiger partial charge is 0.422 e. The standard InChI is InChI=1S/C17H21F3N2O3/c1-11(2)8-16(3)14(23)22(15(24)21-16)9-12-5-4-6-13(7-12)25-10-17(18,19)20/h4-7,11H,8-10H2,1-3H3,(H,21,24)/t16-/m0/s1. The van der Waals surface area contributed by atoms with Crippen LogP contribution >= 0.6 is 0 Å². The normalized spacial score (nSPS) is 21.0. The Kier molecular flexibility index (Phi) is 5.29. The zero-order chi connectivity index (χ0) is 18.8. The molecule has 138 valence electrons. The fourth-order valence-electron chi connectivity index (χ4n) is 2.93. The first-order valence-electron chi connectivity index (χ1n) is 7.93. The lowest BCUT2D eigenvalue weighted by atomic mass is 9.91. The first-order valence-corrected chi connectivity index (χ1v) is 7.93. The molecule has 1 aliphatic rings. The fraction of sp³-hybridized carbons (Fsp3) is 0.529. The van der Waals surface area contributed by atoms with Crippen molar-refractivity contribution in [3.05, 3.63) is 29.8 Å². The van der Waals surface area contributed by atoms with Crippen LogP contribution in [-0.4, -0.2) is 35.2 Å². The van der Waals surface area contributed by atoms with Gasteiger partial charge in [0, 0.05) is 0 Å². The minimum Gasteiger partial charge on any atom is -0.484 e. The van der Waals surface area contributed by atoms with E-state index < -0.39 is 24.4 Å². The van der Waals surface area contributed by atoms with Crippen LogP contribution < -0.4 is 10.1 Å². The molecular formula is C17H21F3N2O3. The SMILES string of the molecule is CC(C)C[C@]1(C)NC(=O)N(Cc2cccc(OCC(F)(F)F)c2)C1=O. The third kappa shape index (κ3) is 4.87. The summed E-state index contributed by atoms with van der Waals surface area (Å²) in [6, 6.07) is 5.43. The lowest BCUT2D eigenvalue weighted by Gasteiger charge is -2.23. The molecule has 1 saturated heterocycles. The summed E-state index contributed by atoms with van der Waals surface area (Å²) in [5, 5.41) is 2.70. The highest BCUT2D eigenvalue weighted by atomic mass is 19.4. The molecule has 1 atom stereocenters. The number of nitrogens with zero attached hydrogens (tertiary/aromatic N) is 1. The molecule has 0 saturated carbocycles. The van der Waals surface area contributed by atoms with E-state index in [0.29, 0.717) is 12.0 Å². The van der Waals surface area contributed by atoms with Crippen molar-refractivity contribution in [2.75, 3.05) is 6.61 Å². The maximum Gasteiger partial charge on any atom is 0.422 e. The van der Waals surface area contributed by atoms with E-state index in [1.54, 1.807) is 13.0 Å². The highest BCUT2D eigenvalue weighted by Crippen LogP contribution is 2.27. The molecule has 1 N–H and O–H groups in total. The van der Waals surface area contributed by atoms with Gasteiger partial charge in [-0.25, -0.2) is 4.79 Å². The zero-order valence-corrected chi connectivity index (χ0v) is 14.3. The van der Waals surface area contributed by atoms with Gasteiger partial charge in [0.05, 0.1) is 6.54 Å². The van der Waals surface area contributed by atoms with Crippen molar-refractivity contribution in [2.24, 2.45) is 5.92 Å². The number of benzene rings is 1. The Morgan fingerprint density at radius 1 is 1.28 bits per heavy atom. The number of urea groups is 1. The van der Waals surface area contributed by atoms with Crippen molar-refractivity contribution in [1.82, 2.24) is 10.2 Å². The van der Waals surface area contributed by atoms with E-state index in [0.717, 1.165) is 4.90 Å². The molecular weight excluding hydrogens is 337 g/mol. The van der Waals surface area contributed by atoms with E-state index in [2.05, 4.69) is 5.32 Å². The molecule has 2 rings (SSSR count). The molecule has 1 aromatic carbocycles. The molecule has 1 fully saturated rings. The van der Waals surface area contributed by atoms with Crippen LogP contribution in [0.3, 0.4) is 0 Å². The van der Waals surface area contributed by atoms with Gasteiger partial charge in [0.2, 0.25) is 0 Å². The van der Waals surface area contributed by atoms with Crippen molar-refractivity contribution in [3.8, 4) is 5.75 Å². The minimum absolute atomic E-state index is 0.0262. The highest BCUT2D eigenvalue weighted by molar-refractivity contribution is 6.06. The van der Waals surface area contributed by atoms with Crippen LogP contribution in [0.15, 0.2) is 24.3 Å². The second-order valence-electron chi connectivity index (χ2n) is 6.80. The number of hydrogen-bond acceptors (Lipinski definition) is 3. The third-order valence-electron chi connectivity index (χ3n) is 3.80. The summed E-state index contributed by atoms with van der Waals surface area (Å²) < 4.78 is 41.4. The van der Waals surface area contributed by atoms with Gasteiger partial charge in [0.1, 0.15) is 11.3 Å². The van der Waals surface area contributed by atoms with Crippen molar-refractivity contribution >= 4 is 11.9 Å². The topological polar surface area (TPSA) is 58.6 Å². The lowest BCUT2D eigenvalue weighted by molar-refractivity contribution is -0.153. The number of ether oxygens (including phenoxy) is 1. The van der Waals surface area contributed by atoms with Gasteiger partial charge in [0.25, 0.3) is 5.91 Å². The van der Waals surface area contributed by atoms with Crippen LogP contribution in [-0.2, 0) is 11.3 Å². The number of alkyl halides is 3. The summed E-state index contributed by atoms with van der Waals surface area (Å²) in [4.78, 5) is 25.8. The Bertz CT molecular complexity index is 661. The number of amides is 3. The highest BCUT2D eigenvalue weighted by Gasteiger charge is 2.47. The number of carbonyl (C=O) groups excluding carboxylic acids is 2. The molecule has 0 aliphatic carbocycles. The first-order chi connectivity index (χ1) is 11.5. The summed E-state index contributed by atoms with van der Waals surface area (Å²) in [7, 11) is 0. The number of hydrogen-bond donors (Lipinski definition) is 1. The zero-order valence-electron chi connectivity index (χ0n) is 14.3. The quantitative estimate of drug-likeness (QED) is 0.792. The maximum absolute atomic E-state index is 12.6. The van der Waals surface area contributed by atoms with Crippen LogP contribution in [0.5, 0.6) is 5.75 Å². The van der Waals surface area contributed by atoms with Gasteiger partial charge in [-0.05, 0) is 37.0 Å². The van der Waals surface area contributed by atoms with Crippen LogP contribution in [0.4, 0.5) is 18.0 Å². The monoisotopic (exact) mass is 358 g/mol. The Hall–Kier alpha value is -2.25. The Labute approximate surface area is 144 Å². The number of imide groups is 1. The summed E-state index contributed by atoms with van der Waals surface area (Å²) in [5.74, 6) is -0.0899. The third-order valence-corrected chi connectivity index (χ3v) is 3.80. The Balaban J connectivity index is 2.09. The molecule has 1 aliphatic heterocycles. The van der Waals surface area contributed by atoms with Crippen molar-refractivity contribution in [3.63, 3.8) is 0 Å². The molecule has 1 heterocycles. The average molecular weight is 358 g/mol. The summed E-state index contributed by atoms with van der Waals surface area (Å²) >= 11 is 0. The fourth-order valence-corrected chi connectivity index (χ4v) is 2.93. The molecule has 1 aromatic rings. The first kappa shape index (κ1) is 19.1. The molecule has 25 heavy (non-hydrogen) atoms. The van der Waals surface area contributed by atoms with Crippen molar-refractivity contribution in [1.29, 1.82) is 0 Å². The average Bonchev–Trinajstić information content (AvgIpc) is 2.67. The second-order valence-corrected chi connectivity index (χ2v) is 6.80. The van der Waals surface area contributed by atoms with Gasteiger partial charge in [-0.1, -0.05) is 26.0 Å². The molecule has 0 bridgehead atoms. The Morgan fingerprint density at radius 3 is 2.56 bits per heavy atom. The van der Waals surface area contributed by atoms with E-state index in [4.69, 9.17) is 4.74 Å². The molecule has 0 unspecified atom stereocenters. The maximum atomic E-state index is 12.6. The van der Waals surface area contributed by atoms with Gasteiger partial charge >= 0.3 is 12.2 Å². The van der Waals surface area contributed by atoms with E-state index in [-0.39, 0.29) is 24.1 Å². The van der Waals surface area contributed by atoms with E-state index >= 15 is 0 Å². The number of rotatable bonds is 6. The minimum atomic E-state index is -4.43. The van der Waals surface area contributed by atoms with Crippen LogP contribution in [0.1, 0.15) is 32.8 Å². The van der Waals surface area contributed by atoms with Gasteiger partial charge in [0.15, 0.2) is 6.61 Å². The number of halogens is 3. The van der Waals surface area contributed by atoms with Crippen LogP contribution in [0.25, 0.3) is 0 Å². The van der Waals surface area contributed by atoms with Crippen LogP contribution in [0, 0.1) is 5.92 Å². The predicted molar refractivity (Wildman–Crippen MR) is 84.9 cm³/mol. The molecule has 5 nitrogen and oxygen atoms in total. The van der Waals surface area contributed by atoms with Crippen molar-refractivity contribution in [2.45, 2.75) is 45.5 Å². The van der Waals surface area contributed by atoms with Crippen LogP contribution in [0.2, 0.25) is 0 Å². The molecule has 0 radical (unpaired) electrons. The molecule has 3 amide bonds. The summed E-state index contributed by atoms with van der Waals surface area (Å²) in [6.45, 7) is 4.16. The second kappa shape index (κ2) is 6.93. The lowest BCUT2D eigenvalue weighted by Crippen LogP contribution is -2.44. The van der Waals surface area contributed by atoms with Crippen molar-refractivity contribution < 1.29 is 27.5 Å². The van der Waals surface area contributed by atoms with E-state index in [1.165, 1.54) is 18.2 Å². The summed E-state index contributed by atoms with van der Waals surface area (Å²) in [6.07, 6.45) is -3.93. The molecule has 0 spiro atoms. The number of nitrogens with one attached hydrogen (secondary N) is 1. The number of carbonyl (C=O) groups is 2. The van der Waals surface area contributed by atoms with Gasteiger partial charge in [-0.15, -0.1) is 0 Å². The van der Waals surface area contributed by atoms with Gasteiger partial charge < -0.3 is 10.1 Å². The van der Waals surface area contributed by atoms with E-state index in [1.807, 2.05) is 13.8 Å². The summed E-state index contributed by atoms with van der Waals surface area (Å²) in [5.41, 5.74) is -0.452. The molecule has 0 aromatic heterocycles. The Morgan fingerprint density at radius 2 is 1.96 bits per heavy atom. The van der Waals surface area contributed by atoms with Gasteiger partial charge in [-0.3, -0.25) is 9.69 Å². The molecule has 8 heteroatoms. The van der Waals surface area contributed by atoms with E-state index in [9.17, 15) is 22.8 Å². The van der Waals surface area contributed by atoms with Gasteiger partial charge in [-0.2, -0.15) is 13.2 Å². The predicted octanol–water partition coefficient (Wildman–Crippen LogP) is 3.48.